The Bertz CT molecular complexity index is 553. The summed E-state index contributed by atoms with van der Waals surface area (Å²) in [5.41, 5.74) is 7.33. The van der Waals surface area contributed by atoms with E-state index in [4.69, 9.17) is 22.1 Å². The summed E-state index contributed by atoms with van der Waals surface area (Å²) in [6, 6.07) is 9.89. The summed E-state index contributed by atoms with van der Waals surface area (Å²) in [7, 11) is 1.67. The number of thiophene rings is 1. The number of methoxy groups -OCH3 is 1. The van der Waals surface area contributed by atoms with Gasteiger partial charge in [0.05, 0.1) is 7.11 Å². The van der Waals surface area contributed by atoms with Crippen LogP contribution in [0.4, 0.5) is 0 Å². The minimum atomic E-state index is -0.0160. The highest BCUT2D eigenvalue weighted by Crippen LogP contribution is 2.29. The summed E-state index contributed by atoms with van der Waals surface area (Å²) in [6.45, 7) is 2.15. The third-order valence-corrected chi connectivity index (χ3v) is 4.68. The molecule has 2 N–H and O–H groups in total. The fourth-order valence-corrected chi connectivity index (χ4v) is 3.18. The zero-order valence-corrected chi connectivity index (χ0v) is 12.7. The lowest BCUT2D eigenvalue weighted by molar-refractivity contribution is 0.408. The van der Waals surface area contributed by atoms with Gasteiger partial charge in [0, 0.05) is 20.8 Å². The quantitative estimate of drug-likeness (QED) is 0.896. The monoisotopic (exact) mass is 295 g/mol. The Morgan fingerprint density at radius 1 is 1.32 bits per heavy atom. The van der Waals surface area contributed by atoms with E-state index in [1.54, 1.807) is 18.4 Å². The van der Waals surface area contributed by atoms with Crippen LogP contribution in [-0.4, -0.2) is 7.11 Å². The third-order valence-electron chi connectivity index (χ3n) is 3.08. The lowest BCUT2D eigenvalue weighted by atomic mass is 10.0. The number of rotatable bonds is 5. The highest BCUT2D eigenvalue weighted by atomic mass is 35.5. The van der Waals surface area contributed by atoms with Crippen LogP contribution in [-0.2, 0) is 12.8 Å². The van der Waals surface area contributed by atoms with Crippen molar-refractivity contribution in [2.24, 2.45) is 5.73 Å². The molecule has 4 heteroatoms. The van der Waals surface area contributed by atoms with Crippen LogP contribution in [0, 0.1) is 0 Å². The van der Waals surface area contributed by atoms with Crippen LogP contribution < -0.4 is 10.5 Å². The molecule has 1 atom stereocenters. The van der Waals surface area contributed by atoms with Crippen molar-refractivity contribution in [1.82, 2.24) is 0 Å². The number of aryl methyl sites for hydroxylation is 1. The molecular formula is C15H18ClNOS. The van der Waals surface area contributed by atoms with Crippen LogP contribution in [0.3, 0.4) is 0 Å². The van der Waals surface area contributed by atoms with E-state index in [1.165, 1.54) is 9.75 Å². The highest BCUT2D eigenvalue weighted by Gasteiger charge is 2.13. The Balaban J connectivity index is 2.18. The zero-order chi connectivity index (χ0) is 13.8. The first-order valence-electron chi connectivity index (χ1n) is 6.30. The lowest BCUT2D eigenvalue weighted by Crippen LogP contribution is -2.12. The van der Waals surface area contributed by atoms with E-state index in [0.717, 1.165) is 24.2 Å². The number of nitrogens with two attached hydrogens (primary N) is 1. The van der Waals surface area contributed by atoms with Gasteiger partial charge < -0.3 is 10.5 Å². The Labute approximate surface area is 123 Å². The van der Waals surface area contributed by atoms with Crippen LogP contribution in [0.25, 0.3) is 0 Å². The molecule has 0 aliphatic heterocycles. The van der Waals surface area contributed by atoms with Crippen LogP contribution in [0.15, 0.2) is 30.3 Å². The second-order valence-electron chi connectivity index (χ2n) is 4.42. The number of hydrogen-bond donors (Lipinski definition) is 1. The number of hydrogen-bond acceptors (Lipinski definition) is 3. The molecule has 0 amide bonds. The average molecular weight is 296 g/mol. The minimum absolute atomic E-state index is 0.0160. The molecule has 0 saturated heterocycles. The molecule has 1 heterocycles. The summed E-state index contributed by atoms with van der Waals surface area (Å²) in [5, 5.41) is 0.712. The fraction of sp³-hybridized carbons (Fsp3) is 0.333. The molecule has 0 fully saturated rings. The maximum Gasteiger partial charge on any atom is 0.122 e. The second-order valence-corrected chi connectivity index (χ2v) is 6.06. The molecule has 1 aromatic carbocycles. The molecule has 0 saturated carbocycles. The van der Waals surface area contributed by atoms with Crippen molar-refractivity contribution in [3.8, 4) is 5.75 Å². The first-order chi connectivity index (χ1) is 9.13. The maximum absolute atomic E-state index is 6.28. The van der Waals surface area contributed by atoms with E-state index in [-0.39, 0.29) is 6.04 Å². The minimum Gasteiger partial charge on any atom is -0.496 e. The Morgan fingerprint density at radius 3 is 2.74 bits per heavy atom. The van der Waals surface area contributed by atoms with Gasteiger partial charge in [0.1, 0.15) is 5.75 Å². The van der Waals surface area contributed by atoms with Crippen molar-refractivity contribution in [2.45, 2.75) is 25.8 Å². The van der Waals surface area contributed by atoms with Gasteiger partial charge in [0.2, 0.25) is 0 Å². The van der Waals surface area contributed by atoms with Gasteiger partial charge in [-0.15, -0.1) is 11.3 Å². The highest BCUT2D eigenvalue weighted by molar-refractivity contribution is 7.12. The number of ether oxygens (including phenoxy) is 1. The van der Waals surface area contributed by atoms with Gasteiger partial charge in [-0.25, -0.2) is 0 Å². The van der Waals surface area contributed by atoms with Gasteiger partial charge in [-0.2, -0.15) is 0 Å². The summed E-state index contributed by atoms with van der Waals surface area (Å²) in [4.78, 5) is 2.57. The molecule has 0 aliphatic rings. The van der Waals surface area contributed by atoms with Gasteiger partial charge in [-0.05, 0) is 48.7 Å². The van der Waals surface area contributed by atoms with Crippen molar-refractivity contribution >= 4 is 22.9 Å². The molecule has 0 bridgehead atoms. The topological polar surface area (TPSA) is 35.2 Å². The number of benzene rings is 1. The average Bonchev–Trinajstić information content (AvgIpc) is 2.88. The predicted molar refractivity (Wildman–Crippen MR) is 82.3 cm³/mol. The maximum atomic E-state index is 6.28. The third kappa shape index (κ3) is 3.50. The molecule has 1 aromatic heterocycles. The van der Waals surface area contributed by atoms with E-state index in [1.807, 2.05) is 18.2 Å². The van der Waals surface area contributed by atoms with E-state index in [0.29, 0.717) is 5.02 Å². The molecule has 0 radical (unpaired) electrons. The van der Waals surface area contributed by atoms with Crippen molar-refractivity contribution < 1.29 is 4.74 Å². The molecule has 0 aliphatic carbocycles. The molecule has 2 nitrogen and oxygen atoms in total. The van der Waals surface area contributed by atoms with Gasteiger partial charge in [-0.1, -0.05) is 18.5 Å². The van der Waals surface area contributed by atoms with E-state index < -0.39 is 0 Å². The Kier molecular flexibility index (Phi) is 4.86. The first kappa shape index (κ1) is 14.4. The smallest absolute Gasteiger partial charge is 0.122 e. The summed E-state index contributed by atoms with van der Waals surface area (Å²) in [5.74, 6) is 0.840. The lowest BCUT2D eigenvalue weighted by Gasteiger charge is -2.13. The van der Waals surface area contributed by atoms with Crippen molar-refractivity contribution in [3.05, 3.63) is 50.7 Å². The Hall–Kier alpha value is -1.03. The summed E-state index contributed by atoms with van der Waals surface area (Å²) < 4.78 is 5.35. The second kappa shape index (κ2) is 6.42. The van der Waals surface area contributed by atoms with Gasteiger partial charge in [0.25, 0.3) is 0 Å². The normalized spacial score (nSPS) is 12.4. The van der Waals surface area contributed by atoms with E-state index in [9.17, 15) is 0 Å². The van der Waals surface area contributed by atoms with Gasteiger partial charge in [0.15, 0.2) is 0 Å². The molecule has 102 valence electrons. The van der Waals surface area contributed by atoms with Crippen LogP contribution >= 0.6 is 22.9 Å². The van der Waals surface area contributed by atoms with Crippen LogP contribution in [0.1, 0.15) is 28.3 Å². The van der Waals surface area contributed by atoms with Crippen molar-refractivity contribution in [3.63, 3.8) is 0 Å². The molecule has 1 unspecified atom stereocenters. The SMILES string of the molecule is CCc1ccc(C(N)Cc2cc(Cl)ccc2OC)s1. The van der Waals surface area contributed by atoms with Crippen molar-refractivity contribution in [2.75, 3.05) is 7.11 Å². The summed E-state index contributed by atoms with van der Waals surface area (Å²) >= 11 is 7.82. The molecule has 19 heavy (non-hydrogen) atoms. The van der Waals surface area contributed by atoms with Crippen molar-refractivity contribution in [1.29, 1.82) is 0 Å². The largest absolute Gasteiger partial charge is 0.496 e. The molecule has 2 rings (SSSR count). The van der Waals surface area contributed by atoms with Gasteiger partial charge >= 0.3 is 0 Å². The Morgan fingerprint density at radius 2 is 2.11 bits per heavy atom. The standard InChI is InChI=1S/C15H18ClNOS/c1-3-12-5-7-15(19-12)13(17)9-10-8-11(16)4-6-14(10)18-2/h4-8,13H,3,9,17H2,1-2H3. The first-order valence-corrected chi connectivity index (χ1v) is 7.50. The number of halogens is 1. The van der Waals surface area contributed by atoms with Crippen LogP contribution in [0.2, 0.25) is 5.02 Å². The molecule has 2 aromatic rings. The fourth-order valence-electron chi connectivity index (χ4n) is 2.03. The van der Waals surface area contributed by atoms with Gasteiger partial charge in [-0.3, -0.25) is 0 Å². The summed E-state index contributed by atoms with van der Waals surface area (Å²) in [6.07, 6.45) is 1.78. The van der Waals surface area contributed by atoms with Crippen LogP contribution in [0.5, 0.6) is 5.75 Å². The predicted octanol–water partition coefficient (Wildman–Crippen LogP) is 4.22. The van der Waals surface area contributed by atoms with E-state index >= 15 is 0 Å². The molecule has 0 spiro atoms. The van der Waals surface area contributed by atoms with E-state index in [2.05, 4.69) is 19.1 Å². The zero-order valence-electron chi connectivity index (χ0n) is 11.2. The molecular weight excluding hydrogens is 278 g/mol.